The highest BCUT2D eigenvalue weighted by Gasteiger charge is 2.33. The number of carbonyl (C=O) groups is 1. The first kappa shape index (κ1) is 14.2. The average Bonchev–Trinajstić information content (AvgIpc) is 2.77. The topological polar surface area (TPSA) is 29.5 Å². The third kappa shape index (κ3) is 3.54. The maximum absolute atomic E-state index is 12.4. The van der Waals surface area contributed by atoms with Crippen molar-refractivity contribution in [2.45, 2.75) is 45.9 Å². The highest BCUT2D eigenvalue weighted by molar-refractivity contribution is 7.09. The van der Waals surface area contributed by atoms with Crippen LogP contribution in [0.3, 0.4) is 0 Å². The number of ether oxygens (including phenoxy) is 1. The van der Waals surface area contributed by atoms with E-state index >= 15 is 0 Å². The predicted octanol–water partition coefficient (Wildman–Crippen LogP) is 2.91. The Kier molecular flexibility index (Phi) is 4.71. The van der Waals surface area contributed by atoms with Crippen LogP contribution in [-0.2, 0) is 16.1 Å². The second kappa shape index (κ2) is 5.65. The van der Waals surface area contributed by atoms with Crippen LogP contribution in [0.1, 0.15) is 32.6 Å². The molecule has 1 rings (SSSR count). The Morgan fingerprint density at radius 2 is 2.18 bits per heavy atom. The van der Waals surface area contributed by atoms with E-state index in [1.807, 2.05) is 36.3 Å². The van der Waals surface area contributed by atoms with Gasteiger partial charge in [0.15, 0.2) is 0 Å². The molecular weight excluding hydrogens is 234 g/mol. The lowest BCUT2D eigenvalue weighted by atomic mass is 10.1. The molecule has 1 amide bonds. The van der Waals surface area contributed by atoms with E-state index in [0.29, 0.717) is 6.54 Å². The molecule has 0 saturated carbocycles. The van der Waals surface area contributed by atoms with Gasteiger partial charge in [-0.05, 0) is 39.1 Å². The van der Waals surface area contributed by atoms with Crippen molar-refractivity contribution in [1.29, 1.82) is 0 Å². The molecule has 3 nitrogen and oxygen atoms in total. The Hall–Kier alpha value is -0.870. The second-order valence-corrected chi connectivity index (χ2v) is 5.85. The highest BCUT2D eigenvalue weighted by Crippen LogP contribution is 2.19. The maximum atomic E-state index is 12.4. The van der Waals surface area contributed by atoms with E-state index in [1.54, 1.807) is 32.3 Å². The zero-order valence-electron chi connectivity index (χ0n) is 11.2. The summed E-state index contributed by atoms with van der Waals surface area (Å²) >= 11 is 1.67. The molecule has 0 N–H and O–H groups in total. The number of hydrogen-bond acceptors (Lipinski definition) is 3. The molecule has 0 spiro atoms. The fourth-order valence-electron chi connectivity index (χ4n) is 1.49. The smallest absolute Gasteiger partial charge is 0.254 e. The van der Waals surface area contributed by atoms with Crippen LogP contribution in [0.25, 0.3) is 0 Å². The van der Waals surface area contributed by atoms with E-state index in [2.05, 4.69) is 0 Å². The van der Waals surface area contributed by atoms with Gasteiger partial charge in [-0.25, -0.2) is 0 Å². The minimum Gasteiger partial charge on any atom is -0.369 e. The predicted molar refractivity (Wildman–Crippen MR) is 71.1 cm³/mol. The molecule has 0 fully saturated rings. The molecule has 1 aromatic rings. The molecule has 1 aromatic heterocycles. The van der Waals surface area contributed by atoms with E-state index in [-0.39, 0.29) is 11.9 Å². The van der Waals surface area contributed by atoms with Gasteiger partial charge in [0.2, 0.25) is 0 Å². The summed E-state index contributed by atoms with van der Waals surface area (Å²) in [7, 11) is 1.57. The van der Waals surface area contributed by atoms with Crippen LogP contribution in [0.5, 0.6) is 0 Å². The molecular formula is C13H21NO2S. The Morgan fingerprint density at radius 3 is 2.59 bits per heavy atom. The van der Waals surface area contributed by atoms with Crippen molar-refractivity contribution in [2.75, 3.05) is 7.11 Å². The van der Waals surface area contributed by atoms with Crippen LogP contribution in [-0.4, -0.2) is 29.6 Å². The van der Waals surface area contributed by atoms with Gasteiger partial charge in [-0.3, -0.25) is 4.79 Å². The summed E-state index contributed by atoms with van der Waals surface area (Å²) in [4.78, 5) is 15.4. The molecule has 0 aliphatic rings. The normalized spacial score (nSPS) is 11.9. The fraction of sp³-hybridized carbons (Fsp3) is 0.615. The zero-order valence-corrected chi connectivity index (χ0v) is 12.0. The van der Waals surface area contributed by atoms with E-state index in [9.17, 15) is 4.79 Å². The van der Waals surface area contributed by atoms with Crippen LogP contribution < -0.4 is 0 Å². The van der Waals surface area contributed by atoms with Gasteiger partial charge in [0, 0.05) is 18.0 Å². The van der Waals surface area contributed by atoms with Gasteiger partial charge in [0.05, 0.1) is 6.54 Å². The molecule has 0 radical (unpaired) electrons. The van der Waals surface area contributed by atoms with Gasteiger partial charge in [0.25, 0.3) is 5.91 Å². The number of carbonyl (C=O) groups excluding carboxylic acids is 1. The summed E-state index contributed by atoms with van der Waals surface area (Å²) in [5.41, 5.74) is -0.762. The van der Waals surface area contributed by atoms with Gasteiger partial charge >= 0.3 is 0 Å². The first-order chi connectivity index (χ1) is 7.88. The van der Waals surface area contributed by atoms with Crippen molar-refractivity contribution in [3.63, 3.8) is 0 Å². The van der Waals surface area contributed by atoms with Gasteiger partial charge in [-0.15, -0.1) is 11.3 Å². The summed E-state index contributed by atoms with van der Waals surface area (Å²) in [5.74, 6) is 0.0309. The van der Waals surface area contributed by atoms with Crippen LogP contribution >= 0.6 is 11.3 Å². The van der Waals surface area contributed by atoms with Gasteiger partial charge < -0.3 is 9.64 Å². The minimum atomic E-state index is -0.762. The van der Waals surface area contributed by atoms with Crippen LogP contribution in [0.4, 0.5) is 0 Å². The Labute approximate surface area is 107 Å². The molecule has 17 heavy (non-hydrogen) atoms. The summed E-state index contributed by atoms with van der Waals surface area (Å²) in [6, 6.07) is 4.22. The lowest BCUT2D eigenvalue weighted by molar-refractivity contribution is -0.153. The van der Waals surface area contributed by atoms with Gasteiger partial charge in [-0.1, -0.05) is 6.07 Å². The fourth-order valence-corrected chi connectivity index (χ4v) is 2.20. The lowest BCUT2D eigenvalue weighted by Gasteiger charge is -2.33. The lowest BCUT2D eigenvalue weighted by Crippen LogP contribution is -2.48. The Morgan fingerprint density at radius 1 is 1.53 bits per heavy atom. The zero-order chi connectivity index (χ0) is 13.1. The molecule has 0 aliphatic carbocycles. The van der Waals surface area contributed by atoms with E-state index in [1.165, 1.54) is 4.88 Å². The molecule has 1 heterocycles. The quantitative estimate of drug-likeness (QED) is 0.809. The second-order valence-electron chi connectivity index (χ2n) is 4.82. The summed E-state index contributed by atoms with van der Waals surface area (Å²) < 4.78 is 5.26. The first-order valence-electron chi connectivity index (χ1n) is 5.77. The third-order valence-corrected chi connectivity index (χ3v) is 3.68. The maximum Gasteiger partial charge on any atom is 0.254 e. The van der Waals surface area contributed by atoms with Crippen molar-refractivity contribution in [3.8, 4) is 0 Å². The van der Waals surface area contributed by atoms with Crippen LogP contribution in [0.2, 0.25) is 0 Å². The SMILES string of the molecule is COC(C)(C)C(=O)N(Cc1cccs1)C(C)C. The molecule has 0 atom stereocenters. The van der Waals surface area contributed by atoms with Gasteiger partial charge in [-0.2, -0.15) is 0 Å². The van der Waals surface area contributed by atoms with E-state index in [4.69, 9.17) is 4.74 Å². The monoisotopic (exact) mass is 255 g/mol. The van der Waals surface area contributed by atoms with Crippen molar-refractivity contribution >= 4 is 17.2 Å². The largest absolute Gasteiger partial charge is 0.369 e. The number of methoxy groups -OCH3 is 1. The number of hydrogen-bond donors (Lipinski definition) is 0. The molecule has 0 aromatic carbocycles. The molecule has 0 unspecified atom stereocenters. The van der Waals surface area contributed by atoms with Crippen molar-refractivity contribution in [3.05, 3.63) is 22.4 Å². The molecule has 0 aliphatic heterocycles. The van der Waals surface area contributed by atoms with Crippen molar-refractivity contribution in [2.24, 2.45) is 0 Å². The number of thiophene rings is 1. The summed E-state index contributed by atoms with van der Waals surface area (Å²) in [6.07, 6.45) is 0. The van der Waals surface area contributed by atoms with Crippen LogP contribution in [0.15, 0.2) is 17.5 Å². The number of nitrogens with zero attached hydrogens (tertiary/aromatic N) is 1. The molecule has 0 bridgehead atoms. The Balaban J connectivity index is 2.83. The van der Waals surface area contributed by atoms with Crippen molar-refractivity contribution < 1.29 is 9.53 Å². The minimum absolute atomic E-state index is 0.0309. The van der Waals surface area contributed by atoms with Crippen molar-refractivity contribution in [1.82, 2.24) is 4.90 Å². The first-order valence-corrected chi connectivity index (χ1v) is 6.65. The number of amides is 1. The standard InChI is InChI=1S/C13H21NO2S/c1-10(2)14(9-11-7-6-8-17-11)12(15)13(3,4)16-5/h6-8,10H,9H2,1-5H3. The average molecular weight is 255 g/mol. The molecule has 96 valence electrons. The number of rotatable bonds is 5. The van der Waals surface area contributed by atoms with Gasteiger partial charge in [0.1, 0.15) is 5.60 Å². The third-order valence-electron chi connectivity index (χ3n) is 2.82. The summed E-state index contributed by atoms with van der Waals surface area (Å²) in [6.45, 7) is 8.31. The van der Waals surface area contributed by atoms with Crippen LogP contribution in [0, 0.1) is 0 Å². The highest BCUT2D eigenvalue weighted by atomic mass is 32.1. The summed E-state index contributed by atoms with van der Waals surface area (Å²) in [5, 5.41) is 2.03. The van der Waals surface area contributed by atoms with E-state index in [0.717, 1.165) is 0 Å². The Bertz CT molecular complexity index is 358. The molecule has 4 heteroatoms. The van der Waals surface area contributed by atoms with E-state index < -0.39 is 5.60 Å². The molecule has 0 saturated heterocycles.